The van der Waals surface area contributed by atoms with E-state index in [-0.39, 0.29) is 0 Å². The predicted octanol–water partition coefficient (Wildman–Crippen LogP) is 1.35. The van der Waals surface area contributed by atoms with E-state index in [4.69, 9.17) is 0 Å². The maximum Gasteiger partial charge on any atom is 0.0205 e. The second kappa shape index (κ2) is 5.03. The van der Waals surface area contributed by atoms with Crippen molar-refractivity contribution in [3.05, 3.63) is 0 Å². The van der Waals surface area contributed by atoms with Crippen LogP contribution >= 0.6 is 0 Å². The van der Waals surface area contributed by atoms with Crippen molar-refractivity contribution in [2.45, 2.75) is 58.0 Å². The summed E-state index contributed by atoms with van der Waals surface area (Å²) >= 11 is 0. The minimum absolute atomic E-state index is 0.825. The summed E-state index contributed by atoms with van der Waals surface area (Å²) in [5.41, 5.74) is 0. The van der Waals surface area contributed by atoms with Crippen LogP contribution in [-0.4, -0.2) is 33.4 Å². The van der Waals surface area contributed by atoms with Crippen LogP contribution in [0, 0.1) is 0 Å². The van der Waals surface area contributed by atoms with E-state index < -0.39 is 0 Å². The molecule has 1 aliphatic carbocycles. The van der Waals surface area contributed by atoms with Crippen LogP contribution in [0.1, 0.15) is 46.0 Å². The summed E-state index contributed by atoms with van der Waals surface area (Å²) in [4.78, 5) is 2.75. The molecule has 0 aliphatic heterocycles. The Morgan fingerprint density at radius 2 is 2.00 bits per heavy atom. The normalized spacial score (nSPS) is 22.2. The second-order valence-electron chi connectivity index (χ2n) is 4.03. The molecule has 0 heterocycles. The Morgan fingerprint density at radius 3 is 2.42 bits per heavy atom. The molecule has 0 radical (unpaired) electrons. The van der Waals surface area contributed by atoms with Crippen LogP contribution in [0.2, 0.25) is 0 Å². The van der Waals surface area contributed by atoms with Crippen LogP contribution in [0.15, 0.2) is 0 Å². The SMILES string of the molecule is CCC(C)N(C[SiH3])C1CCCC1. The van der Waals surface area contributed by atoms with Gasteiger partial charge >= 0.3 is 0 Å². The van der Waals surface area contributed by atoms with Gasteiger partial charge in [-0.05, 0) is 32.4 Å². The smallest absolute Gasteiger partial charge is 0.0205 e. The van der Waals surface area contributed by atoms with Gasteiger partial charge in [0.25, 0.3) is 0 Å². The van der Waals surface area contributed by atoms with E-state index in [0.717, 1.165) is 12.1 Å². The molecule has 0 aromatic heterocycles. The van der Waals surface area contributed by atoms with Crippen LogP contribution in [0.5, 0.6) is 0 Å². The highest BCUT2D eigenvalue weighted by molar-refractivity contribution is 6.08. The highest BCUT2D eigenvalue weighted by Gasteiger charge is 2.23. The van der Waals surface area contributed by atoms with Gasteiger partial charge in [0.1, 0.15) is 0 Å². The Kier molecular flexibility index (Phi) is 4.30. The van der Waals surface area contributed by atoms with Gasteiger partial charge in [-0.2, -0.15) is 0 Å². The maximum absolute atomic E-state index is 2.75. The molecule has 1 aliphatic rings. The molecule has 0 aromatic rings. The maximum atomic E-state index is 2.75. The van der Waals surface area contributed by atoms with Gasteiger partial charge in [-0.3, -0.25) is 0 Å². The van der Waals surface area contributed by atoms with Crippen molar-refractivity contribution in [2.75, 3.05) is 6.17 Å². The van der Waals surface area contributed by atoms with E-state index in [1.165, 1.54) is 48.5 Å². The van der Waals surface area contributed by atoms with Gasteiger partial charge in [-0.25, -0.2) is 0 Å². The summed E-state index contributed by atoms with van der Waals surface area (Å²) in [7, 11) is 1.34. The summed E-state index contributed by atoms with van der Waals surface area (Å²) in [5.74, 6) is 0. The van der Waals surface area contributed by atoms with Gasteiger partial charge in [0.2, 0.25) is 0 Å². The fourth-order valence-corrected chi connectivity index (χ4v) is 3.54. The summed E-state index contributed by atoms with van der Waals surface area (Å²) in [6, 6.07) is 1.77. The number of rotatable bonds is 4. The van der Waals surface area contributed by atoms with E-state index in [2.05, 4.69) is 18.7 Å². The molecule has 1 unspecified atom stereocenters. The average Bonchev–Trinajstić information content (AvgIpc) is 2.58. The van der Waals surface area contributed by atoms with Crippen molar-refractivity contribution >= 4 is 10.2 Å². The first-order chi connectivity index (χ1) is 5.79. The fraction of sp³-hybridized carbons (Fsp3) is 1.00. The summed E-state index contributed by atoms with van der Waals surface area (Å²) in [6.45, 7) is 4.69. The Balaban J connectivity index is 2.42. The molecule has 0 aromatic carbocycles. The third kappa shape index (κ3) is 2.33. The molecule has 1 atom stereocenters. The first kappa shape index (κ1) is 10.3. The first-order valence-electron chi connectivity index (χ1n) is 5.55. The van der Waals surface area contributed by atoms with Crippen molar-refractivity contribution in [3.8, 4) is 0 Å². The van der Waals surface area contributed by atoms with Crippen molar-refractivity contribution in [1.29, 1.82) is 0 Å². The largest absolute Gasteiger partial charge is 0.301 e. The zero-order chi connectivity index (χ0) is 8.97. The van der Waals surface area contributed by atoms with Gasteiger partial charge in [0.05, 0.1) is 0 Å². The molecular weight excluding hydrogens is 162 g/mol. The van der Waals surface area contributed by atoms with Crippen molar-refractivity contribution in [3.63, 3.8) is 0 Å². The molecule has 1 saturated carbocycles. The number of hydrogen-bond acceptors (Lipinski definition) is 1. The second-order valence-corrected chi connectivity index (χ2v) is 4.66. The molecule has 0 saturated heterocycles. The summed E-state index contributed by atoms with van der Waals surface area (Å²) < 4.78 is 0. The van der Waals surface area contributed by atoms with E-state index in [9.17, 15) is 0 Å². The highest BCUT2D eigenvalue weighted by Crippen LogP contribution is 2.25. The van der Waals surface area contributed by atoms with Crippen LogP contribution in [-0.2, 0) is 0 Å². The number of nitrogens with zero attached hydrogens (tertiary/aromatic N) is 1. The van der Waals surface area contributed by atoms with Crippen molar-refractivity contribution in [2.24, 2.45) is 0 Å². The quantitative estimate of drug-likeness (QED) is 0.598. The van der Waals surface area contributed by atoms with Gasteiger partial charge in [-0.1, -0.05) is 19.8 Å². The van der Waals surface area contributed by atoms with Crippen LogP contribution in [0.25, 0.3) is 0 Å². The zero-order valence-corrected chi connectivity index (χ0v) is 10.8. The van der Waals surface area contributed by atoms with Crippen LogP contribution in [0.4, 0.5) is 0 Å². The molecule has 72 valence electrons. The standard InChI is InChI=1S/C10H23NSi/c1-3-9(2)11(8-12)10-6-4-5-7-10/h9-10H,3-8H2,1-2,12H3. The molecule has 1 fully saturated rings. The monoisotopic (exact) mass is 185 g/mol. The van der Waals surface area contributed by atoms with Gasteiger partial charge in [-0.15, -0.1) is 0 Å². The molecule has 0 bridgehead atoms. The van der Waals surface area contributed by atoms with Crippen molar-refractivity contribution in [1.82, 2.24) is 4.90 Å². The fourth-order valence-electron chi connectivity index (χ4n) is 2.40. The lowest BCUT2D eigenvalue weighted by molar-refractivity contribution is 0.170. The summed E-state index contributed by atoms with van der Waals surface area (Å²) in [6.07, 6.45) is 8.57. The molecule has 1 rings (SSSR count). The van der Waals surface area contributed by atoms with Gasteiger partial charge in [0, 0.05) is 22.3 Å². The molecular formula is C10H23NSi. The minimum Gasteiger partial charge on any atom is -0.301 e. The lowest BCUT2D eigenvalue weighted by Gasteiger charge is -2.32. The first-order valence-corrected chi connectivity index (χ1v) is 6.96. The number of hydrogen-bond donors (Lipinski definition) is 0. The molecule has 12 heavy (non-hydrogen) atoms. The molecule has 1 nitrogen and oxygen atoms in total. The van der Waals surface area contributed by atoms with Gasteiger partial charge < -0.3 is 4.90 Å². The Morgan fingerprint density at radius 1 is 1.42 bits per heavy atom. The van der Waals surface area contributed by atoms with E-state index in [1.54, 1.807) is 0 Å². The van der Waals surface area contributed by atoms with E-state index >= 15 is 0 Å². The lowest BCUT2D eigenvalue weighted by Crippen LogP contribution is -2.40. The average molecular weight is 185 g/mol. The van der Waals surface area contributed by atoms with Crippen molar-refractivity contribution < 1.29 is 0 Å². The minimum atomic E-state index is 0.825. The third-order valence-electron chi connectivity index (χ3n) is 3.32. The Hall–Kier alpha value is 0.177. The molecule has 0 amide bonds. The highest BCUT2D eigenvalue weighted by atomic mass is 28.1. The molecule has 0 spiro atoms. The zero-order valence-electron chi connectivity index (χ0n) is 8.84. The van der Waals surface area contributed by atoms with E-state index in [0.29, 0.717) is 0 Å². The molecule has 2 heteroatoms. The Labute approximate surface area is 79.9 Å². The van der Waals surface area contributed by atoms with Crippen LogP contribution in [0.3, 0.4) is 0 Å². The summed E-state index contributed by atoms with van der Waals surface area (Å²) in [5, 5.41) is 0. The lowest BCUT2D eigenvalue weighted by atomic mass is 10.1. The Bertz CT molecular complexity index is 121. The molecule has 0 N–H and O–H groups in total. The third-order valence-corrected chi connectivity index (χ3v) is 4.05. The predicted molar refractivity (Wildman–Crippen MR) is 58.7 cm³/mol. The van der Waals surface area contributed by atoms with Crippen LogP contribution < -0.4 is 0 Å². The van der Waals surface area contributed by atoms with E-state index in [1.807, 2.05) is 0 Å². The van der Waals surface area contributed by atoms with Gasteiger partial charge in [0.15, 0.2) is 0 Å². The topological polar surface area (TPSA) is 3.24 Å².